The minimum atomic E-state index is -1.56. The smallest absolute Gasteiger partial charge is 0.305 e. The number of nitriles is 1. The Morgan fingerprint density at radius 2 is 2.18 bits per heavy atom. The van der Waals surface area contributed by atoms with Gasteiger partial charge in [0.2, 0.25) is 5.82 Å². The summed E-state index contributed by atoms with van der Waals surface area (Å²) in [6.45, 7) is -0.458. The fraction of sp³-hybridized carbons (Fsp3) is 0.111. The van der Waals surface area contributed by atoms with Crippen LogP contribution in [0, 0.1) is 33.1 Å². The first-order valence-electron chi connectivity index (χ1n) is 4.26. The molecule has 0 saturated carbocycles. The Kier molecular flexibility index (Phi) is 3.66. The summed E-state index contributed by atoms with van der Waals surface area (Å²) < 4.78 is 26.6. The topological polar surface area (TPSA) is 96.0 Å². The Balaban J connectivity index is 3.23. The van der Waals surface area contributed by atoms with E-state index in [1.54, 1.807) is 0 Å². The third-order valence-corrected chi connectivity index (χ3v) is 1.82. The van der Waals surface area contributed by atoms with Crippen LogP contribution in [0.2, 0.25) is 0 Å². The highest BCUT2D eigenvalue weighted by Crippen LogP contribution is 2.22. The van der Waals surface area contributed by atoms with Crippen molar-refractivity contribution >= 4 is 11.6 Å². The van der Waals surface area contributed by atoms with Crippen molar-refractivity contribution < 1.29 is 18.5 Å². The summed E-state index contributed by atoms with van der Waals surface area (Å²) in [5.41, 5.74) is -2.08. The Hall–Kier alpha value is -2.56. The molecular weight excluding hydrogens is 236 g/mol. The zero-order valence-corrected chi connectivity index (χ0v) is 8.24. The van der Waals surface area contributed by atoms with Gasteiger partial charge < -0.3 is 5.32 Å². The summed E-state index contributed by atoms with van der Waals surface area (Å²) in [5, 5.41) is 20.5. The molecule has 0 heterocycles. The SMILES string of the molecule is N#CCNC(=O)c1c(F)ccc([N+](=O)[O-])c1F. The second-order valence-electron chi connectivity index (χ2n) is 2.85. The van der Waals surface area contributed by atoms with Crippen LogP contribution in [-0.4, -0.2) is 17.4 Å². The van der Waals surface area contributed by atoms with E-state index in [0.717, 1.165) is 0 Å². The van der Waals surface area contributed by atoms with E-state index in [1.165, 1.54) is 6.07 Å². The van der Waals surface area contributed by atoms with E-state index in [9.17, 15) is 23.7 Å². The molecule has 0 spiro atoms. The van der Waals surface area contributed by atoms with Crippen molar-refractivity contribution in [1.82, 2.24) is 5.32 Å². The van der Waals surface area contributed by atoms with Gasteiger partial charge in [0.05, 0.1) is 11.0 Å². The number of hydrogen-bond donors (Lipinski definition) is 1. The van der Waals surface area contributed by atoms with Gasteiger partial charge >= 0.3 is 5.69 Å². The number of halogens is 2. The van der Waals surface area contributed by atoms with Gasteiger partial charge in [0, 0.05) is 6.07 Å². The van der Waals surface area contributed by atoms with Crippen LogP contribution in [0.1, 0.15) is 10.4 Å². The van der Waals surface area contributed by atoms with Gasteiger partial charge in [0.25, 0.3) is 5.91 Å². The van der Waals surface area contributed by atoms with E-state index < -0.39 is 40.3 Å². The number of nitro benzene ring substituents is 1. The molecule has 0 fully saturated rings. The number of nitrogens with one attached hydrogen (secondary N) is 1. The fourth-order valence-electron chi connectivity index (χ4n) is 1.10. The Morgan fingerprint density at radius 3 is 2.71 bits per heavy atom. The highest BCUT2D eigenvalue weighted by molar-refractivity contribution is 5.95. The first-order valence-corrected chi connectivity index (χ1v) is 4.26. The summed E-state index contributed by atoms with van der Waals surface area (Å²) in [7, 11) is 0. The highest BCUT2D eigenvalue weighted by atomic mass is 19.1. The number of amides is 1. The molecule has 88 valence electrons. The average Bonchev–Trinajstić information content (AvgIpc) is 2.25. The second-order valence-corrected chi connectivity index (χ2v) is 2.85. The monoisotopic (exact) mass is 241 g/mol. The summed E-state index contributed by atoms with van der Waals surface area (Å²) in [4.78, 5) is 20.6. The van der Waals surface area contributed by atoms with Crippen molar-refractivity contribution in [2.45, 2.75) is 0 Å². The zero-order chi connectivity index (χ0) is 13.0. The van der Waals surface area contributed by atoms with Crippen molar-refractivity contribution in [2.75, 3.05) is 6.54 Å². The maximum atomic E-state index is 13.4. The van der Waals surface area contributed by atoms with E-state index in [1.807, 2.05) is 5.32 Å². The van der Waals surface area contributed by atoms with Gasteiger partial charge in [-0.05, 0) is 6.07 Å². The predicted octanol–water partition coefficient (Wildman–Crippen LogP) is 1.13. The molecule has 17 heavy (non-hydrogen) atoms. The van der Waals surface area contributed by atoms with Gasteiger partial charge in [-0.15, -0.1) is 0 Å². The molecule has 0 atom stereocenters. The lowest BCUT2D eigenvalue weighted by Crippen LogP contribution is -2.26. The van der Waals surface area contributed by atoms with E-state index >= 15 is 0 Å². The van der Waals surface area contributed by atoms with E-state index in [0.29, 0.717) is 12.1 Å². The molecular formula is C9H5F2N3O3. The number of rotatable bonds is 3. The predicted molar refractivity (Wildman–Crippen MR) is 51.0 cm³/mol. The van der Waals surface area contributed by atoms with Crippen LogP contribution in [0.3, 0.4) is 0 Å². The number of benzene rings is 1. The molecule has 1 aromatic carbocycles. The molecule has 0 radical (unpaired) electrons. The second kappa shape index (κ2) is 4.98. The lowest BCUT2D eigenvalue weighted by molar-refractivity contribution is -0.387. The summed E-state index contributed by atoms with van der Waals surface area (Å²) in [6, 6.07) is 2.76. The van der Waals surface area contributed by atoms with Gasteiger partial charge in [-0.3, -0.25) is 14.9 Å². The molecule has 0 aliphatic carbocycles. The van der Waals surface area contributed by atoms with Crippen LogP contribution in [0.25, 0.3) is 0 Å². The molecule has 0 aromatic heterocycles. The van der Waals surface area contributed by atoms with Gasteiger partial charge in [-0.1, -0.05) is 0 Å². The van der Waals surface area contributed by atoms with Crippen LogP contribution in [0.4, 0.5) is 14.5 Å². The maximum Gasteiger partial charge on any atom is 0.305 e. The minimum absolute atomic E-state index is 0.458. The highest BCUT2D eigenvalue weighted by Gasteiger charge is 2.25. The van der Waals surface area contributed by atoms with Gasteiger partial charge in [-0.25, -0.2) is 4.39 Å². The molecule has 0 saturated heterocycles. The molecule has 8 heteroatoms. The quantitative estimate of drug-likeness (QED) is 0.487. The number of carbonyl (C=O) groups excluding carboxylic acids is 1. The van der Waals surface area contributed by atoms with E-state index in [-0.39, 0.29) is 0 Å². The van der Waals surface area contributed by atoms with Crippen molar-refractivity contribution in [1.29, 1.82) is 5.26 Å². The first-order chi connectivity index (χ1) is 7.99. The number of hydrogen-bond acceptors (Lipinski definition) is 4. The Morgan fingerprint density at radius 1 is 1.53 bits per heavy atom. The molecule has 0 bridgehead atoms. The van der Waals surface area contributed by atoms with Crippen molar-refractivity contribution in [2.24, 2.45) is 0 Å². The van der Waals surface area contributed by atoms with Gasteiger partial charge in [0.15, 0.2) is 0 Å². The van der Waals surface area contributed by atoms with E-state index in [4.69, 9.17) is 5.26 Å². The fourth-order valence-corrected chi connectivity index (χ4v) is 1.10. The van der Waals surface area contributed by atoms with Crippen LogP contribution < -0.4 is 5.32 Å². The van der Waals surface area contributed by atoms with Crippen LogP contribution in [0.5, 0.6) is 0 Å². The Bertz CT molecular complexity index is 525. The summed E-state index contributed by atoms with van der Waals surface area (Å²) >= 11 is 0. The normalized spacial score (nSPS) is 9.47. The molecule has 1 N–H and O–H groups in total. The number of carbonyl (C=O) groups is 1. The van der Waals surface area contributed by atoms with Crippen LogP contribution in [-0.2, 0) is 0 Å². The van der Waals surface area contributed by atoms with Crippen molar-refractivity contribution in [3.05, 3.63) is 39.4 Å². The lowest BCUT2D eigenvalue weighted by atomic mass is 10.1. The van der Waals surface area contributed by atoms with Crippen LogP contribution in [0.15, 0.2) is 12.1 Å². The molecule has 6 nitrogen and oxygen atoms in total. The number of nitro groups is 1. The third-order valence-electron chi connectivity index (χ3n) is 1.82. The minimum Gasteiger partial charge on any atom is -0.339 e. The number of nitrogens with zero attached hydrogens (tertiary/aromatic N) is 2. The zero-order valence-electron chi connectivity index (χ0n) is 8.24. The lowest BCUT2D eigenvalue weighted by Gasteiger charge is -2.04. The largest absolute Gasteiger partial charge is 0.339 e. The molecule has 1 rings (SSSR count). The molecule has 0 aliphatic rings. The van der Waals surface area contributed by atoms with Gasteiger partial charge in [-0.2, -0.15) is 9.65 Å². The third kappa shape index (κ3) is 2.52. The van der Waals surface area contributed by atoms with E-state index in [2.05, 4.69) is 0 Å². The van der Waals surface area contributed by atoms with Crippen molar-refractivity contribution in [3.63, 3.8) is 0 Å². The van der Waals surface area contributed by atoms with Gasteiger partial charge in [0.1, 0.15) is 17.9 Å². The summed E-state index contributed by atoms with van der Waals surface area (Å²) in [5.74, 6) is -4.01. The molecule has 0 unspecified atom stereocenters. The molecule has 0 aliphatic heterocycles. The van der Waals surface area contributed by atoms with Crippen molar-refractivity contribution in [3.8, 4) is 6.07 Å². The summed E-state index contributed by atoms with van der Waals surface area (Å²) in [6.07, 6.45) is 0. The van der Waals surface area contributed by atoms with Crippen LogP contribution >= 0.6 is 0 Å². The molecule has 1 aromatic rings. The molecule has 1 amide bonds. The average molecular weight is 241 g/mol. The maximum absolute atomic E-state index is 13.4. The standard InChI is InChI=1S/C9H5F2N3O3/c10-5-1-2-6(14(16)17)8(11)7(5)9(15)13-4-3-12/h1-2H,4H2,(H,13,15). The first kappa shape index (κ1) is 12.5. The Labute approximate surface area is 93.6 Å².